The lowest BCUT2D eigenvalue weighted by Crippen LogP contribution is -1.99. The average Bonchev–Trinajstić information content (AvgIpc) is 1.56. The smallest absolute Gasteiger partial charge is 0.141 e. The van der Waals surface area contributed by atoms with Crippen molar-refractivity contribution in [3.05, 3.63) is 333 Å². The number of benzene rings is 12. The topological polar surface area (TPSA) is 70.2 Å². The normalized spacial score (nSPS) is 11.5. The van der Waals surface area contributed by atoms with E-state index in [-0.39, 0.29) is 0 Å². The Kier molecular flexibility index (Phi) is 14.6. The second-order valence-electron chi connectivity index (χ2n) is 24.3. The van der Waals surface area contributed by atoms with Crippen LogP contribution in [-0.4, -0.2) is 38.3 Å². The summed E-state index contributed by atoms with van der Waals surface area (Å²) in [6.07, 6.45) is 0.864. The summed E-state index contributed by atoms with van der Waals surface area (Å²) in [7, 11) is 0. The van der Waals surface area contributed by atoms with Gasteiger partial charge < -0.3 is 4.57 Å². The van der Waals surface area contributed by atoms with Crippen molar-refractivity contribution in [2.75, 3.05) is 0 Å². The molecule has 0 aliphatic heterocycles. The molecule has 0 bridgehead atoms. The Morgan fingerprint density at radius 1 is 0.302 bits per heavy atom. The number of aryl methyl sites for hydroxylation is 2. The van der Waals surface area contributed by atoms with E-state index in [0.29, 0.717) is 0 Å². The summed E-state index contributed by atoms with van der Waals surface area (Å²) in [4.78, 5) is 9.87. The van der Waals surface area contributed by atoms with Gasteiger partial charge in [0.15, 0.2) is 0 Å². The number of aromatic nitrogens is 8. The molecule has 8 heteroatoms. The van der Waals surface area contributed by atoms with E-state index in [2.05, 4.69) is 347 Å². The number of hydrogen-bond donors (Lipinski definition) is 0. The fraction of sp³-hybridized carbons (Fsp3) is 0.0455. The molecule has 0 N–H and O–H groups in total. The fourth-order valence-corrected chi connectivity index (χ4v) is 14.1. The van der Waals surface area contributed by atoms with E-state index in [4.69, 9.17) is 20.2 Å². The molecule has 456 valence electrons. The quantitative estimate of drug-likeness (QED) is 0.122. The molecule has 6 aromatic heterocycles. The second kappa shape index (κ2) is 24.5. The van der Waals surface area contributed by atoms with E-state index in [1.165, 1.54) is 21.5 Å². The summed E-state index contributed by atoms with van der Waals surface area (Å²) < 4.78 is 8.86. The maximum Gasteiger partial charge on any atom is 0.141 e. The van der Waals surface area contributed by atoms with Gasteiger partial charge in [0.05, 0.1) is 44.5 Å². The van der Waals surface area contributed by atoms with Crippen LogP contribution in [-0.2, 0) is 13.0 Å². The molecule has 0 saturated carbocycles. The minimum absolute atomic E-state index is 0.864. The zero-order valence-electron chi connectivity index (χ0n) is 53.2. The van der Waals surface area contributed by atoms with Crippen LogP contribution >= 0.6 is 0 Å². The van der Waals surface area contributed by atoms with Crippen LogP contribution in [0, 0.1) is 0 Å². The van der Waals surface area contributed by atoms with Gasteiger partial charge in [0.25, 0.3) is 0 Å². The summed E-state index contributed by atoms with van der Waals surface area (Å²) in [5, 5.41) is 15.5. The number of hydrogen-bond acceptors (Lipinski definition) is 4. The molecule has 0 aliphatic carbocycles. The molecule has 0 radical (unpaired) electrons. The van der Waals surface area contributed by atoms with Gasteiger partial charge in [-0.05, 0) is 112 Å². The first-order valence-electron chi connectivity index (χ1n) is 33.0. The Morgan fingerprint density at radius 2 is 0.698 bits per heavy atom. The molecule has 8 nitrogen and oxygen atoms in total. The van der Waals surface area contributed by atoms with Gasteiger partial charge in [-0.3, -0.25) is 4.57 Å². The van der Waals surface area contributed by atoms with E-state index >= 15 is 0 Å². The van der Waals surface area contributed by atoms with Crippen molar-refractivity contribution in [2.24, 2.45) is 0 Å². The van der Waals surface area contributed by atoms with E-state index in [0.717, 1.165) is 159 Å². The Labute approximate surface area is 556 Å². The molecule has 12 aromatic carbocycles. The number of para-hydroxylation sites is 4. The van der Waals surface area contributed by atoms with Crippen LogP contribution < -0.4 is 0 Å². The zero-order valence-corrected chi connectivity index (χ0v) is 53.2. The maximum atomic E-state index is 5.38. The van der Waals surface area contributed by atoms with Crippen molar-refractivity contribution in [3.8, 4) is 107 Å². The highest BCUT2D eigenvalue weighted by atomic mass is 15.2. The van der Waals surface area contributed by atoms with Crippen LogP contribution in [0.25, 0.3) is 161 Å². The molecule has 18 rings (SSSR count). The highest BCUT2D eigenvalue weighted by Crippen LogP contribution is 2.45. The second-order valence-corrected chi connectivity index (χ2v) is 24.3. The summed E-state index contributed by atoms with van der Waals surface area (Å²) >= 11 is 0. The van der Waals surface area contributed by atoms with Gasteiger partial charge in [-0.15, -0.1) is 0 Å². The molecule has 6 heterocycles. The monoisotopic (exact) mass is 1230 g/mol. The predicted octanol–water partition coefficient (Wildman–Crippen LogP) is 22.2. The van der Waals surface area contributed by atoms with Gasteiger partial charge in [-0.1, -0.05) is 274 Å². The van der Waals surface area contributed by atoms with Gasteiger partial charge in [-0.2, -0.15) is 10.2 Å². The summed E-state index contributed by atoms with van der Waals surface area (Å²) in [6, 6.07) is 116. The molecular weight excluding hydrogens is 1170 g/mol. The summed E-state index contributed by atoms with van der Waals surface area (Å²) in [6.45, 7) is 5.20. The van der Waals surface area contributed by atoms with Crippen LogP contribution in [0.3, 0.4) is 0 Å². The minimum atomic E-state index is 0.864. The third-order valence-corrected chi connectivity index (χ3v) is 18.6. The molecule has 0 unspecified atom stereocenters. The lowest BCUT2D eigenvalue weighted by molar-refractivity contribution is 0.796. The van der Waals surface area contributed by atoms with E-state index in [9.17, 15) is 0 Å². The van der Waals surface area contributed by atoms with Crippen LogP contribution in [0.4, 0.5) is 0 Å². The molecule has 0 atom stereocenters. The van der Waals surface area contributed by atoms with Crippen LogP contribution in [0.15, 0.2) is 328 Å². The van der Waals surface area contributed by atoms with Crippen molar-refractivity contribution in [2.45, 2.75) is 26.8 Å². The largest absolute Gasteiger partial charge is 0.324 e. The van der Waals surface area contributed by atoms with Crippen molar-refractivity contribution < 1.29 is 0 Å². The lowest BCUT2D eigenvalue weighted by atomic mass is 9.94. The molecule has 0 fully saturated rings. The fourth-order valence-electron chi connectivity index (χ4n) is 14.1. The summed E-state index contributed by atoms with van der Waals surface area (Å²) in [5.41, 5.74) is 26.5. The number of rotatable bonds is 12. The van der Waals surface area contributed by atoms with Gasteiger partial charge >= 0.3 is 0 Å². The Bertz CT molecular complexity index is 5880. The van der Waals surface area contributed by atoms with Crippen molar-refractivity contribution in [1.82, 2.24) is 38.3 Å². The standard InChI is InChI=1S/2C44H32N4/c1-2-47-39-23-12-11-22-38(39)45-44(47)33-26-24-30(25-27-33)34-19-13-20-36(28-34)41-42(32-16-7-4-8-17-32)46-48-40(31-14-5-3-6-15-31)29-35-18-9-10-21-37(35)43(41)48;1-2-41-45-38-22-11-12-23-39(38)47(41)36-26-24-30(25-27-36)33-19-13-20-35(28-33)42-43(32-16-7-4-8-17-32)46-48-40(31-14-5-3-6-15-31)29-34-18-9-10-21-37(34)44(42)48/h2*3-29H,2H2,1H3. The molecular formula is C88H64N8. The molecule has 0 spiro atoms. The number of fused-ring (bicyclic) bond motifs is 8. The maximum absolute atomic E-state index is 5.38. The molecule has 0 aliphatic rings. The minimum Gasteiger partial charge on any atom is -0.324 e. The third kappa shape index (κ3) is 10.2. The van der Waals surface area contributed by atoms with E-state index in [1.807, 2.05) is 12.1 Å². The number of pyridine rings is 2. The Hall–Kier alpha value is -12.5. The van der Waals surface area contributed by atoms with Gasteiger partial charge in [0.1, 0.15) is 23.0 Å². The Balaban J connectivity index is 0.000000145. The highest BCUT2D eigenvalue weighted by molar-refractivity contribution is 6.10. The predicted molar refractivity (Wildman–Crippen MR) is 397 cm³/mol. The average molecular weight is 1230 g/mol. The van der Waals surface area contributed by atoms with Crippen LogP contribution in [0.5, 0.6) is 0 Å². The SMILES string of the molecule is CCc1nc2ccccc2n1-c1ccc(-c2cccc(-c3c(-c4ccccc4)nn4c(-c5ccccc5)cc5ccccc5c34)c2)cc1.CCn1c(-c2ccc(-c3cccc(-c4c(-c5ccccc5)nn5c(-c6ccccc6)cc6ccccc6c45)c3)cc2)nc2ccccc21. The number of imidazole rings is 2. The summed E-state index contributed by atoms with van der Waals surface area (Å²) in [5.74, 6) is 2.06. The van der Waals surface area contributed by atoms with Crippen molar-refractivity contribution in [1.29, 1.82) is 0 Å². The van der Waals surface area contributed by atoms with Crippen molar-refractivity contribution in [3.63, 3.8) is 0 Å². The zero-order chi connectivity index (χ0) is 64.1. The van der Waals surface area contributed by atoms with Gasteiger partial charge in [0, 0.05) is 68.4 Å². The molecule has 0 saturated heterocycles. The first-order chi connectivity index (χ1) is 47.5. The van der Waals surface area contributed by atoms with E-state index < -0.39 is 0 Å². The van der Waals surface area contributed by atoms with Crippen LogP contribution in [0.1, 0.15) is 19.7 Å². The molecule has 96 heavy (non-hydrogen) atoms. The Morgan fingerprint density at radius 3 is 1.19 bits per heavy atom. The van der Waals surface area contributed by atoms with Crippen LogP contribution in [0.2, 0.25) is 0 Å². The van der Waals surface area contributed by atoms with Crippen molar-refractivity contribution >= 4 is 54.6 Å². The number of nitrogens with zero attached hydrogens (tertiary/aromatic N) is 8. The molecule has 18 aromatic rings. The first kappa shape index (κ1) is 57.4. The lowest BCUT2D eigenvalue weighted by Gasteiger charge is -2.12. The molecule has 0 amide bonds. The highest BCUT2D eigenvalue weighted by Gasteiger charge is 2.25. The van der Waals surface area contributed by atoms with Gasteiger partial charge in [0.2, 0.25) is 0 Å². The van der Waals surface area contributed by atoms with E-state index in [1.54, 1.807) is 0 Å². The van der Waals surface area contributed by atoms with Gasteiger partial charge in [-0.25, -0.2) is 19.0 Å². The third-order valence-electron chi connectivity index (χ3n) is 18.6. The first-order valence-corrected chi connectivity index (χ1v) is 33.0.